The van der Waals surface area contributed by atoms with Crippen LogP contribution in [0.25, 0.3) is 0 Å². The molecule has 0 radical (unpaired) electrons. The normalized spacial score (nSPS) is 10.3. The summed E-state index contributed by atoms with van der Waals surface area (Å²) in [5.74, 6) is -0.719. The Morgan fingerprint density at radius 3 is 2.14 bits per heavy atom. The van der Waals surface area contributed by atoms with Crippen LogP contribution < -0.4 is 16.0 Å². The second-order valence-corrected chi connectivity index (χ2v) is 8.59. The number of nitrogens with one attached hydrogen (secondary N) is 3. The molecule has 0 spiro atoms. The van der Waals surface area contributed by atoms with Gasteiger partial charge in [-0.25, -0.2) is 4.79 Å². The predicted octanol–water partition coefficient (Wildman–Crippen LogP) is 5.12. The van der Waals surface area contributed by atoms with E-state index in [1.54, 1.807) is 54.7 Å². The zero-order valence-electron chi connectivity index (χ0n) is 18.6. The maximum Gasteiger partial charge on any atom is 0.326 e. The van der Waals surface area contributed by atoms with Gasteiger partial charge in [-0.1, -0.05) is 60.3 Å². The summed E-state index contributed by atoms with van der Waals surface area (Å²) in [6.45, 7) is 0.428. The van der Waals surface area contributed by atoms with Crippen molar-refractivity contribution in [3.8, 4) is 0 Å². The Balaban J connectivity index is 1.31. The highest BCUT2D eigenvalue weighted by molar-refractivity contribution is 7.99. The zero-order valence-corrected chi connectivity index (χ0v) is 19.4. The first-order valence-corrected chi connectivity index (χ1v) is 11.6. The van der Waals surface area contributed by atoms with Crippen LogP contribution in [0, 0.1) is 0 Å². The molecule has 4 aromatic rings. The van der Waals surface area contributed by atoms with Crippen LogP contribution in [0.15, 0.2) is 113 Å². The number of hydrogen-bond donors (Lipinski definition) is 3. The fourth-order valence-electron chi connectivity index (χ4n) is 3.14. The van der Waals surface area contributed by atoms with Gasteiger partial charge in [0, 0.05) is 33.8 Å². The third-order valence-corrected chi connectivity index (χ3v) is 5.87. The van der Waals surface area contributed by atoms with Gasteiger partial charge in [0.05, 0.1) is 0 Å². The van der Waals surface area contributed by atoms with Crippen molar-refractivity contribution in [3.63, 3.8) is 0 Å². The molecule has 0 bridgehead atoms. The number of hydrogen-bond acceptors (Lipinski definition) is 5. The molecular weight excluding hydrogens is 460 g/mol. The van der Waals surface area contributed by atoms with Crippen molar-refractivity contribution in [3.05, 3.63) is 120 Å². The van der Waals surface area contributed by atoms with Crippen molar-refractivity contribution in [2.45, 2.75) is 16.3 Å². The monoisotopic (exact) mass is 482 g/mol. The van der Waals surface area contributed by atoms with Crippen LogP contribution >= 0.6 is 11.8 Å². The molecule has 8 heteroatoms. The van der Waals surface area contributed by atoms with Gasteiger partial charge in [0.1, 0.15) is 5.69 Å². The van der Waals surface area contributed by atoms with Crippen molar-refractivity contribution in [2.75, 3.05) is 5.32 Å². The van der Waals surface area contributed by atoms with Gasteiger partial charge >= 0.3 is 6.03 Å². The van der Waals surface area contributed by atoms with Gasteiger partial charge in [-0.15, -0.1) is 0 Å². The number of rotatable bonds is 7. The van der Waals surface area contributed by atoms with Crippen LogP contribution in [-0.4, -0.2) is 22.8 Å². The van der Waals surface area contributed by atoms with Gasteiger partial charge < -0.3 is 10.6 Å². The Bertz CT molecular complexity index is 1310. The van der Waals surface area contributed by atoms with Crippen LogP contribution in [-0.2, 0) is 6.54 Å². The Morgan fingerprint density at radius 1 is 0.743 bits per heavy atom. The van der Waals surface area contributed by atoms with Crippen LogP contribution in [0.5, 0.6) is 0 Å². The molecule has 174 valence electrons. The largest absolute Gasteiger partial charge is 0.347 e. The van der Waals surface area contributed by atoms with Crippen LogP contribution in [0.2, 0.25) is 0 Å². The number of urea groups is 1. The molecule has 3 aromatic carbocycles. The van der Waals surface area contributed by atoms with Gasteiger partial charge in [-0.3, -0.25) is 19.9 Å². The molecule has 0 saturated heterocycles. The van der Waals surface area contributed by atoms with Gasteiger partial charge in [0.15, 0.2) is 0 Å². The van der Waals surface area contributed by atoms with E-state index in [-0.39, 0.29) is 5.91 Å². The van der Waals surface area contributed by atoms with Gasteiger partial charge in [0.25, 0.3) is 11.8 Å². The first-order valence-electron chi connectivity index (χ1n) is 10.8. The van der Waals surface area contributed by atoms with E-state index in [0.29, 0.717) is 23.5 Å². The molecule has 35 heavy (non-hydrogen) atoms. The first kappa shape index (κ1) is 23.7. The standard InChI is InChI=1S/C27H22N4O3S/c32-25(20-9-5-2-6-10-20)31-27(34)30-21-11-13-22(14-12-21)35-23-15-16-28-24(17-23)26(33)29-18-19-7-3-1-4-8-19/h1-17H,18H2,(H,29,33)(H2,30,31,32,34). The second kappa shape index (κ2) is 11.6. The fourth-order valence-corrected chi connectivity index (χ4v) is 3.98. The van der Waals surface area contributed by atoms with E-state index < -0.39 is 11.9 Å². The Morgan fingerprint density at radius 2 is 1.43 bits per heavy atom. The molecule has 3 N–H and O–H groups in total. The first-order chi connectivity index (χ1) is 17.1. The molecule has 1 aromatic heterocycles. The molecule has 7 nitrogen and oxygen atoms in total. The van der Waals surface area contributed by atoms with Crippen LogP contribution in [0.1, 0.15) is 26.4 Å². The van der Waals surface area contributed by atoms with Crippen molar-refractivity contribution in [2.24, 2.45) is 0 Å². The lowest BCUT2D eigenvalue weighted by Gasteiger charge is -2.08. The number of amides is 4. The summed E-state index contributed by atoms with van der Waals surface area (Å²) in [5.41, 5.74) is 2.30. The maximum absolute atomic E-state index is 12.5. The minimum Gasteiger partial charge on any atom is -0.347 e. The Labute approximate surface area is 207 Å². The predicted molar refractivity (Wildman–Crippen MR) is 135 cm³/mol. The van der Waals surface area contributed by atoms with Crippen molar-refractivity contribution >= 4 is 35.3 Å². The quantitative estimate of drug-likeness (QED) is 0.339. The molecule has 0 aliphatic heterocycles. The molecule has 4 amide bonds. The number of imide groups is 1. The van der Waals surface area contributed by atoms with E-state index >= 15 is 0 Å². The Hall–Kier alpha value is -4.43. The molecular formula is C27H22N4O3S. The van der Waals surface area contributed by atoms with Crippen molar-refractivity contribution in [1.29, 1.82) is 0 Å². The number of carbonyl (C=O) groups is 3. The lowest BCUT2D eigenvalue weighted by atomic mass is 10.2. The summed E-state index contributed by atoms with van der Waals surface area (Å²) < 4.78 is 0. The minimum absolute atomic E-state index is 0.244. The molecule has 1 heterocycles. The molecule has 0 saturated carbocycles. The third-order valence-electron chi connectivity index (χ3n) is 4.87. The fraction of sp³-hybridized carbons (Fsp3) is 0.0370. The van der Waals surface area contributed by atoms with Gasteiger partial charge in [-0.2, -0.15) is 0 Å². The van der Waals surface area contributed by atoms with E-state index in [9.17, 15) is 14.4 Å². The van der Waals surface area contributed by atoms with Crippen molar-refractivity contribution < 1.29 is 14.4 Å². The number of benzene rings is 3. The van der Waals surface area contributed by atoms with E-state index in [1.807, 2.05) is 48.5 Å². The molecule has 4 rings (SSSR count). The van der Waals surface area contributed by atoms with Crippen LogP contribution in [0.3, 0.4) is 0 Å². The summed E-state index contributed by atoms with van der Waals surface area (Å²) in [6.07, 6.45) is 1.60. The average Bonchev–Trinajstić information content (AvgIpc) is 2.89. The van der Waals surface area contributed by atoms with E-state index in [0.717, 1.165) is 15.4 Å². The zero-order chi connectivity index (χ0) is 24.5. The molecule has 0 atom stereocenters. The van der Waals surface area contributed by atoms with Gasteiger partial charge in [0.2, 0.25) is 0 Å². The summed E-state index contributed by atoms with van der Waals surface area (Å²) in [5, 5.41) is 7.81. The highest BCUT2D eigenvalue weighted by Gasteiger charge is 2.11. The second-order valence-electron chi connectivity index (χ2n) is 7.45. The highest BCUT2D eigenvalue weighted by atomic mass is 32.2. The number of carbonyl (C=O) groups excluding carboxylic acids is 3. The number of nitrogens with zero attached hydrogens (tertiary/aromatic N) is 1. The molecule has 0 fully saturated rings. The minimum atomic E-state index is -0.612. The summed E-state index contributed by atoms with van der Waals surface area (Å²) in [4.78, 5) is 42.6. The number of pyridine rings is 1. The maximum atomic E-state index is 12.5. The number of aromatic nitrogens is 1. The lowest BCUT2D eigenvalue weighted by Crippen LogP contribution is -2.34. The van der Waals surface area contributed by atoms with E-state index in [1.165, 1.54) is 11.8 Å². The summed E-state index contributed by atoms with van der Waals surface area (Å²) >= 11 is 1.47. The Kier molecular flexibility index (Phi) is 7.88. The smallest absolute Gasteiger partial charge is 0.326 e. The summed E-state index contributed by atoms with van der Waals surface area (Å²) in [7, 11) is 0. The lowest BCUT2D eigenvalue weighted by molar-refractivity contribution is 0.0942. The average molecular weight is 483 g/mol. The van der Waals surface area contributed by atoms with Crippen molar-refractivity contribution in [1.82, 2.24) is 15.6 Å². The molecule has 0 aliphatic rings. The third kappa shape index (κ3) is 7.02. The van der Waals surface area contributed by atoms with E-state index in [4.69, 9.17) is 0 Å². The van der Waals surface area contributed by atoms with Gasteiger partial charge in [-0.05, 0) is 54.1 Å². The topological polar surface area (TPSA) is 100 Å². The van der Waals surface area contributed by atoms with Crippen LogP contribution in [0.4, 0.5) is 10.5 Å². The summed E-state index contributed by atoms with van der Waals surface area (Å²) in [6, 6.07) is 28.3. The SMILES string of the molecule is O=C(NC(=O)c1ccccc1)Nc1ccc(Sc2ccnc(C(=O)NCc3ccccc3)c2)cc1. The highest BCUT2D eigenvalue weighted by Crippen LogP contribution is 2.28. The van der Waals surface area contributed by atoms with E-state index in [2.05, 4.69) is 20.9 Å². The number of anilines is 1. The molecule has 0 unspecified atom stereocenters. The molecule has 0 aliphatic carbocycles.